The molecule has 0 bridgehead atoms. The van der Waals surface area contributed by atoms with Crippen molar-refractivity contribution in [2.24, 2.45) is 0 Å². The fraction of sp³-hybridized carbons (Fsp3) is 0. The Morgan fingerprint density at radius 3 is 2.78 bits per heavy atom. The number of H-pyrrole nitrogens is 1. The topological polar surface area (TPSA) is 78.5 Å². The van der Waals surface area contributed by atoms with Gasteiger partial charge in [0.05, 0.1) is 34.1 Å². The Bertz CT molecular complexity index is 1040. The summed E-state index contributed by atoms with van der Waals surface area (Å²) in [6.45, 7) is 0. The second-order valence-corrected chi connectivity index (χ2v) is 5.32. The van der Waals surface area contributed by atoms with Crippen LogP contribution in [0.2, 0.25) is 5.02 Å². The van der Waals surface area contributed by atoms with Crippen LogP contribution in [0, 0.1) is 11.3 Å². The molecule has 1 aromatic carbocycles. The maximum absolute atomic E-state index is 9.74. The second-order valence-electron chi connectivity index (χ2n) is 4.91. The van der Waals surface area contributed by atoms with Crippen LogP contribution in [-0.4, -0.2) is 15.2 Å². The summed E-state index contributed by atoms with van der Waals surface area (Å²) in [5, 5.41) is 17.9. The maximum Gasteiger partial charge on any atom is 0.156 e. The minimum Gasteiger partial charge on any atom is -0.464 e. The SMILES string of the molecule is N#Cc1c(-c2ccccc2Cl)nc2[nH]ncc2c1-c1ccco1. The van der Waals surface area contributed by atoms with Crippen molar-refractivity contribution in [3.05, 3.63) is 59.4 Å². The van der Waals surface area contributed by atoms with Crippen molar-refractivity contribution < 1.29 is 4.42 Å². The molecule has 3 aromatic heterocycles. The molecular formula is C17H9ClN4O. The van der Waals surface area contributed by atoms with E-state index < -0.39 is 0 Å². The van der Waals surface area contributed by atoms with Gasteiger partial charge in [0.1, 0.15) is 11.8 Å². The lowest BCUT2D eigenvalue weighted by Crippen LogP contribution is -1.95. The normalized spacial score (nSPS) is 10.8. The number of furan rings is 1. The number of hydrogen-bond donors (Lipinski definition) is 1. The zero-order valence-corrected chi connectivity index (χ0v) is 12.5. The molecule has 0 amide bonds. The van der Waals surface area contributed by atoms with Crippen LogP contribution in [-0.2, 0) is 0 Å². The van der Waals surface area contributed by atoms with E-state index in [0.717, 1.165) is 5.39 Å². The summed E-state index contributed by atoms with van der Waals surface area (Å²) in [4.78, 5) is 4.54. The molecule has 0 aliphatic rings. The molecule has 23 heavy (non-hydrogen) atoms. The summed E-state index contributed by atoms with van der Waals surface area (Å²) in [5.41, 5.74) is 2.83. The van der Waals surface area contributed by atoms with Gasteiger partial charge in [-0.15, -0.1) is 0 Å². The second kappa shape index (κ2) is 5.27. The van der Waals surface area contributed by atoms with Gasteiger partial charge in [0.15, 0.2) is 5.65 Å². The smallest absolute Gasteiger partial charge is 0.156 e. The van der Waals surface area contributed by atoms with Crippen LogP contribution >= 0.6 is 11.6 Å². The molecule has 4 aromatic rings. The predicted octanol–water partition coefficient (Wildman–Crippen LogP) is 4.41. The summed E-state index contributed by atoms with van der Waals surface area (Å²) < 4.78 is 5.51. The molecule has 0 aliphatic carbocycles. The number of fused-ring (bicyclic) bond motifs is 1. The van der Waals surface area contributed by atoms with Crippen LogP contribution in [0.15, 0.2) is 53.3 Å². The lowest BCUT2D eigenvalue weighted by atomic mass is 9.98. The van der Waals surface area contributed by atoms with Crippen molar-refractivity contribution >= 4 is 22.6 Å². The van der Waals surface area contributed by atoms with Gasteiger partial charge in [0.25, 0.3) is 0 Å². The van der Waals surface area contributed by atoms with Crippen molar-refractivity contribution in [3.8, 4) is 28.7 Å². The Kier molecular flexibility index (Phi) is 3.11. The van der Waals surface area contributed by atoms with Crippen LogP contribution in [0.1, 0.15) is 5.56 Å². The zero-order valence-electron chi connectivity index (χ0n) is 11.7. The molecule has 110 valence electrons. The number of benzene rings is 1. The maximum atomic E-state index is 9.74. The Morgan fingerprint density at radius 1 is 1.17 bits per heavy atom. The van der Waals surface area contributed by atoms with Gasteiger partial charge < -0.3 is 4.42 Å². The molecule has 3 heterocycles. The number of hydrogen-bond acceptors (Lipinski definition) is 4. The third kappa shape index (κ3) is 2.08. The van der Waals surface area contributed by atoms with E-state index in [2.05, 4.69) is 21.3 Å². The molecular weight excluding hydrogens is 312 g/mol. The molecule has 0 fully saturated rings. The van der Waals surface area contributed by atoms with Gasteiger partial charge in [0.2, 0.25) is 0 Å². The molecule has 0 spiro atoms. The molecule has 0 radical (unpaired) electrons. The van der Waals surface area contributed by atoms with Crippen LogP contribution < -0.4 is 0 Å². The zero-order chi connectivity index (χ0) is 15.8. The van der Waals surface area contributed by atoms with Gasteiger partial charge in [0, 0.05) is 11.1 Å². The van der Waals surface area contributed by atoms with E-state index in [0.29, 0.717) is 38.8 Å². The van der Waals surface area contributed by atoms with Crippen LogP contribution in [0.4, 0.5) is 0 Å². The Morgan fingerprint density at radius 2 is 2.04 bits per heavy atom. The Balaban J connectivity index is 2.15. The highest BCUT2D eigenvalue weighted by Crippen LogP contribution is 2.38. The monoisotopic (exact) mass is 320 g/mol. The van der Waals surface area contributed by atoms with Crippen molar-refractivity contribution in [2.45, 2.75) is 0 Å². The number of aromatic amines is 1. The number of rotatable bonds is 2. The Labute approximate surface area is 136 Å². The first-order valence-electron chi connectivity index (χ1n) is 6.85. The lowest BCUT2D eigenvalue weighted by molar-refractivity contribution is 0.583. The quantitative estimate of drug-likeness (QED) is 0.593. The highest BCUT2D eigenvalue weighted by atomic mass is 35.5. The van der Waals surface area contributed by atoms with E-state index in [9.17, 15) is 5.26 Å². The molecule has 1 N–H and O–H groups in total. The van der Waals surface area contributed by atoms with Gasteiger partial charge in [-0.25, -0.2) is 4.98 Å². The van der Waals surface area contributed by atoms with Gasteiger partial charge >= 0.3 is 0 Å². The average Bonchev–Trinajstić information content (AvgIpc) is 3.25. The highest BCUT2D eigenvalue weighted by molar-refractivity contribution is 6.33. The Hall–Kier alpha value is -3.10. The van der Waals surface area contributed by atoms with Crippen molar-refractivity contribution in [1.29, 1.82) is 5.26 Å². The summed E-state index contributed by atoms with van der Waals surface area (Å²) in [6, 6.07) is 13.1. The number of halogens is 1. The third-order valence-corrected chi connectivity index (χ3v) is 3.94. The van der Waals surface area contributed by atoms with Gasteiger partial charge in [-0.1, -0.05) is 29.8 Å². The third-order valence-electron chi connectivity index (χ3n) is 3.61. The van der Waals surface area contributed by atoms with E-state index in [1.54, 1.807) is 30.7 Å². The molecule has 0 saturated heterocycles. The molecule has 0 saturated carbocycles. The molecule has 0 atom stereocenters. The molecule has 4 rings (SSSR count). The summed E-state index contributed by atoms with van der Waals surface area (Å²) in [7, 11) is 0. The molecule has 0 unspecified atom stereocenters. The predicted molar refractivity (Wildman–Crippen MR) is 86.8 cm³/mol. The van der Waals surface area contributed by atoms with Crippen LogP contribution in [0.3, 0.4) is 0 Å². The number of nitrogens with one attached hydrogen (secondary N) is 1. The number of aromatic nitrogens is 3. The van der Waals surface area contributed by atoms with Crippen LogP contribution in [0.25, 0.3) is 33.6 Å². The average molecular weight is 321 g/mol. The highest BCUT2D eigenvalue weighted by Gasteiger charge is 2.21. The largest absolute Gasteiger partial charge is 0.464 e. The number of nitrogens with zero attached hydrogens (tertiary/aromatic N) is 3. The van der Waals surface area contributed by atoms with Crippen LogP contribution in [0.5, 0.6) is 0 Å². The van der Waals surface area contributed by atoms with Gasteiger partial charge in [-0.05, 0) is 18.2 Å². The molecule has 0 aliphatic heterocycles. The van der Waals surface area contributed by atoms with Gasteiger partial charge in [-0.2, -0.15) is 10.4 Å². The van der Waals surface area contributed by atoms with Crippen molar-refractivity contribution in [3.63, 3.8) is 0 Å². The number of nitriles is 1. The minimum atomic E-state index is 0.405. The minimum absolute atomic E-state index is 0.405. The molecule has 5 nitrogen and oxygen atoms in total. The lowest BCUT2D eigenvalue weighted by Gasteiger charge is -2.10. The first kappa shape index (κ1) is 13.6. The van der Waals surface area contributed by atoms with Gasteiger partial charge in [-0.3, -0.25) is 5.10 Å². The fourth-order valence-electron chi connectivity index (χ4n) is 2.60. The summed E-state index contributed by atoms with van der Waals surface area (Å²) in [6.07, 6.45) is 3.20. The fourth-order valence-corrected chi connectivity index (χ4v) is 2.83. The van der Waals surface area contributed by atoms with E-state index >= 15 is 0 Å². The first-order chi connectivity index (χ1) is 11.3. The molecule has 6 heteroatoms. The summed E-state index contributed by atoms with van der Waals surface area (Å²) in [5.74, 6) is 0.587. The first-order valence-corrected chi connectivity index (χ1v) is 7.23. The van der Waals surface area contributed by atoms with E-state index in [1.807, 2.05) is 18.2 Å². The van der Waals surface area contributed by atoms with E-state index in [4.69, 9.17) is 16.0 Å². The standard InChI is InChI=1S/C17H9ClN4O/c18-13-5-2-1-4-10(13)16-11(8-19)15(14-6-3-7-23-14)12-9-20-22-17(12)21-16/h1-7,9H,(H,20,21,22). The van der Waals surface area contributed by atoms with E-state index in [-0.39, 0.29) is 0 Å². The van der Waals surface area contributed by atoms with Crippen molar-refractivity contribution in [1.82, 2.24) is 15.2 Å². The van der Waals surface area contributed by atoms with E-state index in [1.165, 1.54) is 0 Å². The summed E-state index contributed by atoms with van der Waals surface area (Å²) >= 11 is 6.29. The number of pyridine rings is 1. The van der Waals surface area contributed by atoms with Crippen molar-refractivity contribution in [2.75, 3.05) is 0 Å².